The lowest BCUT2D eigenvalue weighted by Gasteiger charge is -2.29. The van der Waals surface area contributed by atoms with Gasteiger partial charge in [0.25, 0.3) is 0 Å². The van der Waals surface area contributed by atoms with Gasteiger partial charge in [-0.25, -0.2) is 0 Å². The second kappa shape index (κ2) is 8.46. The molecule has 134 valence electrons. The predicted molar refractivity (Wildman–Crippen MR) is 95.4 cm³/mol. The van der Waals surface area contributed by atoms with Gasteiger partial charge in [-0.1, -0.05) is 30.3 Å². The minimum atomic E-state index is -2.95. The lowest BCUT2D eigenvalue weighted by molar-refractivity contribution is -0.115. The molecule has 1 N–H and O–H groups in total. The fourth-order valence-corrected chi connectivity index (χ4v) is 2.54. The largest absolute Gasteiger partial charge is 0.433 e. The summed E-state index contributed by atoms with van der Waals surface area (Å²) < 4.78 is 29.4. The SMILES string of the molecule is Cc1ccccc1N(CC(=O)Nc1ccccc1OC(F)F)C(C)C. The summed E-state index contributed by atoms with van der Waals surface area (Å²) in [7, 11) is 0. The zero-order valence-corrected chi connectivity index (χ0v) is 14.5. The van der Waals surface area contributed by atoms with Gasteiger partial charge in [-0.15, -0.1) is 0 Å². The summed E-state index contributed by atoms with van der Waals surface area (Å²) in [5.74, 6) is -0.361. The van der Waals surface area contributed by atoms with Crippen molar-refractivity contribution in [1.29, 1.82) is 0 Å². The van der Waals surface area contributed by atoms with Crippen LogP contribution in [0.15, 0.2) is 48.5 Å². The minimum absolute atomic E-state index is 0.0576. The Labute approximate surface area is 146 Å². The van der Waals surface area contributed by atoms with Crippen LogP contribution in [0.3, 0.4) is 0 Å². The van der Waals surface area contributed by atoms with Crippen LogP contribution in [0, 0.1) is 6.92 Å². The average molecular weight is 348 g/mol. The third-order valence-electron chi connectivity index (χ3n) is 3.74. The van der Waals surface area contributed by atoms with Gasteiger partial charge in [0.15, 0.2) is 0 Å². The standard InChI is InChI=1S/C19H22F2N2O2/c1-13(2)23(16-10-6-4-8-14(16)3)12-18(24)22-15-9-5-7-11-17(15)25-19(20)21/h4-11,13,19H,12H2,1-3H3,(H,22,24). The van der Waals surface area contributed by atoms with Gasteiger partial charge < -0.3 is 15.0 Å². The van der Waals surface area contributed by atoms with Crippen molar-refractivity contribution in [3.8, 4) is 5.75 Å². The maximum absolute atomic E-state index is 12.5. The van der Waals surface area contributed by atoms with Crippen LogP contribution < -0.4 is 15.0 Å². The number of aryl methyl sites for hydroxylation is 1. The normalized spacial score (nSPS) is 10.8. The van der Waals surface area contributed by atoms with Crippen molar-refractivity contribution in [2.45, 2.75) is 33.4 Å². The van der Waals surface area contributed by atoms with E-state index in [0.29, 0.717) is 0 Å². The molecule has 0 unspecified atom stereocenters. The summed E-state index contributed by atoms with van der Waals surface area (Å²) in [4.78, 5) is 14.4. The van der Waals surface area contributed by atoms with Crippen LogP contribution in [0.25, 0.3) is 0 Å². The summed E-state index contributed by atoms with van der Waals surface area (Å²) in [5.41, 5.74) is 2.25. The molecule has 0 saturated carbocycles. The first-order valence-electron chi connectivity index (χ1n) is 8.04. The summed E-state index contributed by atoms with van der Waals surface area (Å²) in [6, 6.07) is 14.0. The maximum atomic E-state index is 12.5. The molecule has 2 aromatic carbocycles. The number of para-hydroxylation sites is 3. The zero-order valence-electron chi connectivity index (χ0n) is 14.5. The molecule has 0 saturated heterocycles. The van der Waals surface area contributed by atoms with Crippen molar-refractivity contribution in [2.75, 3.05) is 16.8 Å². The molecule has 0 spiro atoms. The number of hydrogen-bond donors (Lipinski definition) is 1. The molecule has 0 radical (unpaired) electrons. The monoisotopic (exact) mass is 348 g/mol. The van der Waals surface area contributed by atoms with Gasteiger partial charge in [0.05, 0.1) is 12.2 Å². The van der Waals surface area contributed by atoms with Gasteiger partial charge in [-0.2, -0.15) is 8.78 Å². The van der Waals surface area contributed by atoms with E-state index in [1.165, 1.54) is 12.1 Å². The van der Waals surface area contributed by atoms with Crippen molar-refractivity contribution < 1.29 is 18.3 Å². The second-order valence-electron chi connectivity index (χ2n) is 5.93. The lowest BCUT2D eigenvalue weighted by Crippen LogP contribution is -2.38. The van der Waals surface area contributed by atoms with Crippen LogP contribution in [0.2, 0.25) is 0 Å². The number of alkyl halides is 2. The Balaban J connectivity index is 2.14. The molecule has 1 amide bonds. The van der Waals surface area contributed by atoms with Crippen LogP contribution in [-0.2, 0) is 4.79 Å². The summed E-state index contributed by atoms with van der Waals surface area (Å²) in [6.45, 7) is 3.12. The predicted octanol–water partition coefficient (Wildman–Crippen LogP) is 4.45. The highest BCUT2D eigenvalue weighted by atomic mass is 19.3. The summed E-state index contributed by atoms with van der Waals surface area (Å²) in [6.07, 6.45) is 0. The first kappa shape index (κ1) is 18.7. The van der Waals surface area contributed by atoms with Crippen molar-refractivity contribution in [3.05, 3.63) is 54.1 Å². The van der Waals surface area contributed by atoms with Crippen molar-refractivity contribution in [2.24, 2.45) is 0 Å². The highest BCUT2D eigenvalue weighted by molar-refractivity contribution is 5.95. The number of halogens is 2. The number of anilines is 2. The molecule has 0 aliphatic rings. The van der Waals surface area contributed by atoms with Crippen LogP contribution in [0.1, 0.15) is 19.4 Å². The van der Waals surface area contributed by atoms with Gasteiger partial charge >= 0.3 is 6.61 Å². The van der Waals surface area contributed by atoms with Crippen molar-refractivity contribution in [1.82, 2.24) is 0 Å². The molecule has 0 bridgehead atoms. The number of nitrogens with one attached hydrogen (secondary N) is 1. The summed E-state index contributed by atoms with van der Waals surface area (Å²) >= 11 is 0. The molecule has 4 nitrogen and oxygen atoms in total. The molecule has 0 fully saturated rings. The number of amides is 1. The van der Waals surface area contributed by atoms with Crippen LogP contribution in [0.4, 0.5) is 20.2 Å². The molecule has 2 aromatic rings. The number of carbonyl (C=O) groups is 1. The Morgan fingerprint density at radius 2 is 1.76 bits per heavy atom. The average Bonchev–Trinajstić information content (AvgIpc) is 2.54. The first-order chi connectivity index (χ1) is 11.9. The van der Waals surface area contributed by atoms with Crippen LogP contribution >= 0.6 is 0 Å². The molecule has 0 heterocycles. The molecule has 2 rings (SSSR count). The topological polar surface area (TPSA) is 41.6 Å². The van der Waals surface area contributed by atoms with E-state index in [2.05, 4.69) is 10.1 Å². The van der Waals surface area contributed by atoms with Gasteiger partial charge in [0.2, 0.25) is 5.91 Å². The van der Waals surface area contributed by atoms with E-state index in [-0.39, 0.29) is 29.9 Å². The highest BCUT2D eigenvalue weighted by Crippen LogP contribution is 2.26. The van der Waals surface area contributed by atoms with Crippen molar-refractivity contribution >= 4 is 17.3 Å². The smallest absolute Gasteiger partial charge is 0.387 e. The Hall–Kier alpha value is -2.63. The first-order valence-corrected chi connectivity index (χ1v) is 8.04. The molecule has 0 atom stereocenters. The molecule has 0 aliphatic heterocycles. The number of hydrogen-bond acceptors (Lipinski definition) is 3. The van der Waals surface area contributed by atoms with Crippen LogP contribution in [-0.4, -0.2) is 25.1 Å². The third kappa shape index (κ3) is 5.17. The van der Waals surface area contributed by atoms with E-state index in [9.17, 15) is 13.6 Å². The van der Waals surface area contributed by atoms with E-state index in [1.807, 2.05) is 49.9 Å². The number of rotatable bonds is 7. The van der Waals surface area contributed by atoms with E-state index in [1.54, 1.807) is 12.1 Å². The van der Waals surface area contributed by atoms with Gasteiger partial charge in [-0.05, 0) is 44.5 Å². The molecule has 25 heavy (non-hydrogen) atoms. The quantitative estimate of drug-likeness (QED) is 0.804. The van der Waals surface area contributed by atoms with Gasteiger partial charge in [0.1, 0.15) is 5.75 Å². The number of carbonyl (C=O) groups excluding carboxylic acids is 1. The lowest BCUT2D eigenvalue weighted by atomic mass is 10.1. The Bertz CT molecular complexity index is 720. The Kier molecular flexibility index (Phi) is 6.33. The van der Waals surface area contributed by atoms with E-state index in [4.69, 9.17) is 0 Å². The fourth-order valence-electron chi connectivity index (χ4n) is 2.54. The number of nitrogens with zero attached hydrogens (tertiary/aromatic N) is 1. The summed E-state index contributed by atoms with van der Waals surface area (Å²) in [5, 5.41) is 2.65. The second-order valence-corrected chi connectivity index (χ2v) is 5.93. The Morgan fingerprint density at radius 3 is 2.40 bits per heavy atom. The molecular formula is C19H22F2N2O2. The molecule has 0 aromatic heterocycles. The van der Waals surface area contributed by atoms with Gasteiger partial charge in [0, 0.05) is 11.7 Å². The van der Waals surface area contributed by atoms with Crippen molar-refractivity contribution in [3.63, 3.8) is 0 Å². The van der Waals surface area contributed by atoms with E-state index < -0.39 is 6.61 Å². The van der Waals surface area contributed by atoms with E-state index in [0.717, 1.165) is 11.3 Å². The zero-order chi connectivity index (χ0) is 18.4. The minimum Gasteiger partial charge on any atom is -0.433 e. The number of benzene rings is 2. The molecular weight excluding hydrogens is 326 g/mol. The fraction of sp³-hybridized carbons (Fsp3) is 0.316. The molecule has 0 aliphatic carbocycles. The highest BCUT2D eigenvalue weighted by Gasteiger charge is 2.18. The number of ether oxygens (including phenoxy) is 1. The Morgan fingerprint density at radius 1 is 1.12 bits per heavy atom. The third-order valence-corrected chi connectivity index (χ3v) is 3.74. The maximum Gasteiger partial charge on any atom is 0.387 e. The van der Waals surface area contributed by atoms with Crippen LogP contribution in [0.5, 0.6) is 5.75 Å². The molecule has 6 heteroatoms. The van der Waals surface area contributed by atoms with Gasteiger partial charge in [-0.3, -0.25) is 4.79 Å². The van der Waals surface area contributed by atoms with E-state index >= 15 is 0 Å².